The van der Waals surface area contributed by atoms with Gasteiger partial charge >= 0.3 is 0 Å². The first-order valence-electron chi connectivity index (χ1n) is 10.1. The van der Waals surface area contributed by atoms with E-state index in [0.29, 0.717) is 0 Å². The zero-order valence-corrected chi connectivity index (χ0v) is 18.3. The molecule has 0 fully saturated rings. The van der Waals surface area contributed by atoms with Crippen LogP contribution in [0.5, 0.6) is 0 Å². The van der Waals surface area contributed by atoms with E-state index in [1.807, 2.05) is 60.7 Å². The monoisotopic (exact) mass is 466 g/mol. The molecule has 31 heavy (non-hydrogen) atoms. The third-order valence-electron chi connectivity index (χ3n) is 5.51. The number of benzene rings is 5. The van der Waals surface area contributed by atoms with Gasteiger partial charge in [0.15, 0.2) is 0 Å². The minimum atomic E-state index is -0.145. The number of amides is 1. The van der Waals surface area contributed by atoms with Crippen LogP contribution in [0.25, 0.3) is 32.3 Å². The Morgan fingerprint density at radius 1 is 0.774 bits per heavy atom. The second-order valence-electron chi connectivity index (χ2n) is 7.45. The molecule has 0 bridgehead atoms. The van der Waals surface area contributed by atoms with Crippen molar-refractivity contribution in [3.8, 4) is 0 Å². The number of hydrogen-bond donors (Lipinski definition) is 1. The molecule has 0 unspecified atom stereocenters. The molecule has 0 heterocycles. The molecule has 0 spiro atoms. The van der Waals surface area contributed by atoms with E-state index < -0.39 is 0 Å². The molecule has 1 N–H and O–H groups in total. The Kier molecular flexibility index (Phi) is 5.23. The zero-order valence-electron chi connectivity index (χ0n) is 16.7. The molecular weight excluding hydrogens is 448 g/mol. The van der Waals surface area contributed by atoms with E-state index in [9.17, 15) is 4.79 Å². The lowest BCUT2D eigenvalue weighted by Gasteiger charge is -2.09. The predicted molar refractivity (Wildman–Crippen MR) is 133 cm³/mol. The summed E-state index contributed by atoms with van der Waals surface area (Å²) in [6.07, 6.45) is 2.02. The fourth-order valence-corrected chi connectivity index (χ4v) is 4.53. The lowest BCUT2D eigenvalue weighted by atomic mass is 9.97. The highest BCUT2D eigenvalue weighted by Gasteiger charge is 2.09. The van der Waals surface area contributed by atoms with Crippen LogP contribution in [0.3, 0.4) is 0 Å². The molecule has 0 aliphatic carbocycles. The molecule has 5 aromatic rings. The van der Waals surface area contributed by atoms with Gasteiger partial charge in [0.25, 0.3) is 0 Å². The summed E-state index contributed by atoms with van der Waals surface area (Å²) in [5.41, 5.74) is 4.68. The average molecular weight is 467 g/mol. The lowest BCUT2D eigenvalue weighted by molar-refractivity contribution is -0.120. The van der Waals surface area contributed by atoms with Crippen molar-refractivity contribution in [1.29, 1.82) is 0 Å². The standard InChI is InChI=1S/C27H19BrN2O/c28-26-14-13-20(21-9-5-6-12-24(21)26)16-27(31)30-29-17-25-22-10-3-1-7-18(22)15-19-8-2-4-11-23(19)25/h1-15,17H,16H2,(H,30,31)/b29-17-. The van der Waals surface area contributed by atoms with Crippen LogP contribution < -0.4 is 5.43 Å². The maximum absolute atomic E-state index is 12.6. The smallest absolute Gasteiger partial charge is 0.244 e. The highest BCUT2D eigenvalue weighted by Crippen LogP contribution is 2.28. The van der Waals surface area contributed by atoms with Crippen LogP contribution in [-0.4, -0.2) is 12.1 Å². The first-order chi connectivity index (χ1) is 15.2. The minimum absolute atomic E-state index is 0.145. The molecule has 0 saturated heterocycles. The molecule has 5 rings (SSSR count). The molecule has 3 nitrogen and oxygen atoms in total. The van der Waals surface area contributed by atoms with Crippen LogP contribution in [-0.2, 0) is 11.2 Å². The van der Waals surface area contributed by atoms with Crippen molar-refractivity contribution in [3.05, 3.63) is 107 Å². The van der Waals surface area contributed by atoms with Gasteiger partial charge in [0.2, 0.25) is 5.91 Å². The number of halogens is 1. The van der Waals surface area contributed by atoms with E-state index in [2.05, 4.69) is 56.8 Å². The molecule has 0 aliphatic heterocycles. The predicted octanol–water partition coefficient (Wildman–Crippen LogP) is 6.60. The summed E-state index contributed by atoms with van der Waals surface area (Å²) in [6, 6.07) is 30.7. The van der Waals surface area contributed by atoms with Gasteiger partial charge in [-0.1, -0.05) is 94.8 Å². The number of hydrogen-bond acceptors (Lipinski definition) is 2. The Balaban J connectivity index is 1.43. The van der Waals surface area contributed by atoms with E-state index in [-0.39, 0.29) is 12.3 Å². The Morgan fingerprint density at radius 3 is 2.03 bits per heavy atom. The van der Waals surface area contributed by atoms with Crippen LogP contribution in [0.2, 0.25) is 0 Å². The van der Waals surface area contributed by atoms with Gasteiger partial charge in [-0.3, -0.25) is 4.79 Å². The molecule has 150 valence electrons. The van der Waals surface area contributed by atoms with Gasteiger partial charge in [-0.25, -0.2) is 5.43 Å². The number of nitrogens with zero attached hydrogens (tertiary/aromatic N) is 1. The number of nitrogens with one attached hydrogen (secondary N) is 1. The van der Waals surface area contributed by atoms with Crippen LogP contribution in [0.4, 0.5) is 0 Å². The van der Waals surface area contributed by atoms with E-state index in [0.717, 1.165) is 47.9 Å². The maximum atomic E-state index is 12.6. The van der Waals surface area contributed by atoms with Crippen molar-refractivity contribution < 1.29 is 4.79 Å². The molecule has 0 radical (unpaired) electrons. The fraction of sp³-hybridized carbons (Fsp3) is 0.0370. The molecule has 1 amide bonds. The molecular formula is C27H19BrN2O. The third kappa shape index (κ3) is 3.82. The van der Waals surface area contributed by atoms with E-state index >= 15 is 0 Å². The zero-order chi connectivity index (χ0) is 21.2. The van der Waals surface area contributed by atoms with Gasteiger partial charge < -0.3 is 0 Å². The minimum Gasteiger partial charge on any atom is -0.273 e. The summed E-state index contributed by atoms with van der Waals surface area (Å²) in [4.78, 5) is 12.6. The van der Waals surface area contributed by atoms with Crippen molar-refractivity contribution in [2.24, 2.45) is 5.10 Å². The third-order valence-corrected chi connectivity index (χ3v) is 6.20. The number of fused-ring (bicyclic) bond motifs is 3. The number of rotatable bonds is 4. The van der Waals surface area contributed by atoms with Crippen molar-refractivity contribution >= 4 is 60.4 Å². The van der Waals surface area contributed by atoms with Crippen LogP contribution in [0.1, 0.15) is 11.1 Å². The van der Waals surface area contributed by atoms with Crippen molar-refractivity contribution in [3.63, 3.8) is 0 Å². The summed E-state index contributed by atoms with van der Waals surface area (Å²) in [5, 5.41) is 11.0. The normalized spacial score (nSPS) is 11.5. The number of carbonyl (C=O) groups excluding carboxylic acids is 1. The summed E-state index contributed by atoms with van der Waals surface area (Å²) < 4.78 is 1.02. The quantitative estimate of drug-likeness (QED) is 0.181. The first kappa shape index (κ1) is 19.5. The first-order valence-corrected chi connectivity index (χ1v) is 10.9. The van der Waals surface area contributed by atoms with Crippen LogP contribution in [0.15, 0.2) is 101 Å². The van der Waals surface area contributed by atoms with Gasteiger partial charge in [0.05, 0.1) is 12.6 Å². The van der Waals surface area contributed by atoms with Gasteiger partial charge in [-0.15, -0.1) is 0 Å². The van der Waals surface area contributed by atoms with Crippen molar-refractivity contribution in [1.82, 2.24) is 5.43 Å². The number of carbonyl (C=O) groups is 1. The SMILES string of the molecule is O=C(Cc1ccc(Br)c2ccccc12)N/N=C\c1c2ccccc2cc2ccccc12. The average Bonchev–Trinajstić information content (AvgIpc) is 2.80. The Bertz CT molecular complexity index is 1420. The largest absolute Gasteiger partial charge is 0.273 e. The van der Waals surface area contributed by atoms with E-state index in [1.165, 1.54) is 0 Å². The summed E-state index contributed by atoms with van der Waals surface area (Å²) in [5.74, 6) is -0.145. The molecule has 4 heteroatoms. The highest BCUT2D eigenvalue weighted by atomic mass is 79.9. The number of hydrazone groups is 1. The molecule has 5 aromatic carbocycles. The second kappa shape index (κ2) is 8.32. The van der Waals surface area contributed by atoms with Gasteiger partial charge in [0.1, 0.15) is 0 Å². The Labute approximate surface area is 188 Å². The summed E-state index contributed by atoms with van der Waals surface area (Å²) in [7, 11) is 0. The lowest BCUT2D eigenvalue weighted by Crippen LogP contribution is -2.20. The molecule has 0 aromatic heterocycles. The topological polar surface area (TPSA) is 41.5 Å². The van der Waals surface area contributed by atoms with E-state index in [4.69, 9.17) is 0 Å². The maximum Gasteiger partial charge on any atom is 0.244 e. The molecule has 0 atom stereocenters. The Hall–Kier alpha value is -3.50. The van der Waals surface area contributed by atoms with E-state index in [1.54, 1.807) is 6.21 Å². The van der Waals surface area contributed by atoms with Crippen molar-refractivity contribution in [2.75, 3.05) is 0 Å². The van der Waals surface area contributed by atoms with Crippen LogP contribution >= 0.6 is 15.9 Å². The molecule has 0 aliphatic rings. The fourth-order valence-electron chi connectivity index (χ4n) is 4.05. The summed E-state index contributed by atoms with van der Waals surface area (Å²) in [6.45, 7) is 0. The van der Waals surface area contributed by atoms with Gasteiger partial charge in [0, 0.05) is 10.0 Å². The van der Waals surface area contributed by atoms with Gasteiger partial charge in [-0.05, 0) is 50.0 Å². The van der Waals surface area contributed by atoms with Crippen molar-refractivity contribution in [2.45, 2.75) is 6.42 Å². The van der Waals surface area contributed by atoms with Crippen LogP contribution in [0, 0.1) is 0 Å². The van der Waals surface area contributed by atoms with Gasteiger partial charge in [-0.2, -0.15) is 5.10 Å². The summed E-state index contributed by atoms with van der Waals surface area (Å²) >= 11 is 3.58. The highest BCUT2D eigenvalue weighted by molar-refractivity contribution is 9.10. The Morgan fingerprint density at radius 2 is 1.35 bits per heavy atom. The molecule has 0 saturated carbocycles. The second-order valence-corrected chi connectivity index (χ2v) is 8.31.